The third-order valence-corrected chi connectivity index (χ3v) is 10.9. The van der Waals surface area contributed by atoms with Crippen LogP contribution in [0, 0.1) is 52.3 Å². The summed E-state index contributed by atoms with van der Waals surface area (Å²) in [6, 6.07) is 0. The van der Waals surface area contributed by atoms with Crippen LogP contribution >= 0.6 is 0 Å². The molecule has 4 aliphatic rings. The lowest BCUT2D eigenvalue weighted by Gasteiger charge is -2.57. The third-order valence-electron chi connectivity index (χ3n) is 10.9. The average Bonchev–Trinajstić information content (AvgIpc) is 3.04. The normalized spacial score (nSPS) is 45.4. The second kappa shape index (κ2) is 8.05. The molecule has 0 spiro atoms. The van der Waals surface area contributed by atoms with Crippen molar-refractivity contribution in [3.63, 3.8) is 0 Å². The van der Waals surface area contributed by atoms with Crippen molar-refractivity contribution in [2.45, 2.75) is 105 Å². The number of aliphatic hydroxyl groups excluding tert-OH is 1. The predicted molar refractivity (Wildman–Crippen MR) is 124 cm³/mol. The molecule has 0 aromatic heterocycles. The van der Waals surface area contributed by atoms with Crippen LogP contribution in [0.25, 0.3) is 0 Å². The van der Waals surface area contributed by atoms with Gasteiger partial charge in [0, 0.05) is 5.92 Å². The van der Waals surface area contributed by atoms with E-state index < -0.39 is 0 Å². The van der Waals surface area contributed by atoms with Gasteiger partial charge in [-0.3, -0.25) is 4.79 Å². The molecule has 2 nitrogen and oxygen atoms in total. The minimum absolute atomic E-state index is 0.148. The van der Waals surface area contributed by atoms with Crippen LogP contribution in [0.3, 0.4) is 0 Å². The first-order valence-corrected chi connectivity index (χ1v) is 13.0. The molecule has 3 fully saturated rings. The van der Waals surface area contributed by atoms with Crippen molar-refractivity contribution < 1.29 is 9.90 Å². The number of carbonyl (C=O) groups is 1. The van der Waals surface area contributed by atoms with E-state index in [1.54, 1.807) is 0 Å². The Morgan fingerprint density at radius 3 is 2.43 bits per heavy atom. The van der Waals surface area contributed by atoms with E-state index in [1.807, 2.05) is 6.08 Å². The van der Waals surface area contributed by atoms with Crippen molar-refractivity contribution >= 4 is 5.78 Å². The van der Waals surface area contributed by atoms with Gasteiger partial charge >= 0.3 is 0 Å². The number of rotatable bonds is 5. The topological polar surface area (TPSA) is 37.3 Å². The summed E-state index contributed by atoms with van der Waals surface area (Å²) in [5.41, 5.74) is 1.75. The first kappa shape index (κ1) is 22.6. The molecule has 1 unspecified atom stereocenters. The molecule has 0 saturated heterocycles. The molecule has 1 N–H and O–H groups in total. The van der Waals surface area contributed by atoms with Crippen LogP contribution in [0.2, 0.25) is 0 Å². The van der Waals surface area contributed by atoms with Gasteiger partial charge in [-0.1, -0.05) is 60.0 Å². The molecular weight excluding hydrogens is 368 g/mol. The van der Waals surface area contributed by atoms with E-state index in [1.165, 1.54) is 44.1 Å². The maximum Gasteiger partial charge on any atom is 0.159 e. The number of hydrogen-bond acceptors (Lipinski definition) is 2. The quantitative estimate of drug-likeness (QED) is 0.536. The van der Waals surface area contributed by atoms with Gasteiger partial charge in [-0.15, -0.1) is 0 Å². The molecule has 0 heterocycles. The van der Waals surface area contributed by atoms with Crippen molar-refractivity contribution in [1.29, 1.82) is 0 Å². The van der Waals surface area contributed by atoms with Gasteiger partial charge in [0.1, 0.15) is 0 Å². The minimum Gasteiger partial charge on any atom is -0.393 e. The monoisotopic (exact) mass is 414 g/mol. The highest BCUT2D eigenvalue weighted by atomic mass is 16.3. The lowest BCUT2D eigenvalue weighted by molar-refractivity contribution is -0.135. The van der Waals surface area contributed by atoms with Gasteiger partial charge in [0.15, 0.2) is 5.78 Å². The Kier molecular flexibility index (Phi) is 6.06. The maximum absolute atomic E-state index is 13.4. The van der Waals surface area contributed by atoms with Crippen LogP contribution in [-0.2, 0) is 4.79 Å². The first-order valence-electron chi connectivity index (χ1n) is 13.0. The summed E-state index contributed by atoms with van der Waals surface area (Å²) in [5, 5.41) is 10.2. The number of carbonyl (C=O) groups excluding carboxylic acids is 1. The molecule has 0 aromatic carbocycles. The smallest absolute Gasteiger partial charge is 0.159 e. The SMILES string of the molecule is CC(C)C(C)CC[C@@H](C)[C@H]1CC[C@H]2[C@@H]3C(=O)C=C4C[C@@H](O)CC[C@]4(C)[C@H]3CC[C@]12C. The minimum atomic E-state index is -0.243. The van der Waals surface area contributed by atoms with E-state index in [0.717, 1.165) is 42.9 Å². The Morgan fingerprint density at radius 1 is 1.00 bits per heavy atom. The highest BCUT2D eigenvalue weighted by Gasteiger charge is 2.61. The third kappa shape index (κ3) is 3.54. The Morgan fingerprint density at radius 2 is 1.73 bits per heavy atom. The Labute approximate surface area is 185 Å². The number of fused-ring (bicyclic) bond motifs is 5. The van der Waals surface area contributed by atoms with Crippen LogP contribution in [0.5, 0.6) is 0 Å². The van der Waals surface area contributed by atoms with Gasteiger partial charge in [-0.25, -0.2) is 0 Å². The fraction of sp³-hybridized carbons (Fsp3) is 0.893. The molecule has 170 valence electrons. The van der Waals surface area contributed by atoms with E-state index in [4.69, 9.17) is 0 Å². The summed E-state index contributed by atoms with van der Waals surface area (Å²) in [5.74, 6) is 4.84. The van der Waals surface area contributed by atoms with E-state index in [2.05, 4.69) is 41.5 Å². The largest absolute Gasteiger partial charge is 0.393 e. The summed E-state index contributed by atoms with van der Waals surface area (Å²) < 4.78 is 0. The zero-order chi connectivity index (χ0) is 21.8. The van der Waals surface area contributed by atoms with Crippen LogP contribution in [0.1, 0.15) is 99.3 Å². The summed E-state index contributed by atoms with van der Waals surface area (Å²) in [6.45, 7) is 14.6. The van der Waals surface area contributed by atoms with Crippen molar-refractivity contribution in [2.75, 3.05) is 0 Å². The molecule has 0 radical (unpaired) electrons. The van der Waals surface area contributed by atoms with E-state index in [0.29, 0.717) is 23.0 Å². The lowest BCUT2D eigenvalue weighted by Crippen LogP contribution is -2.53. The molecule has 9 atom stereocenters. The number of hydrogen-bond donors (Lipinski definition) is 1. The summed E-state index contributed by atoms with van der Waals surface area (Å²) >= 11 is 0. The molecule has 0 aromatic rings. The van der Waals surface area contributed by atoms with Gasteiger partial charge in [0.2, 0.25) is 0 Å². The van der Waals surface area contributed by atoms with E-state index in [-0.39, 0.29) is 17.4 Å². The summed E-state index contributed by atoms with van der Waals surface area (Å²) in [4.78, 5) is 13.4. The fourth-order valence-electron chi connectivity index (χ4n) is 8.42. The molecule has 3 saturated carbocycles. The van der Waals surface area contributed by atoms with Gasteiger partial charge in [0.25, 0.3) is 0 Å². The van der Waals surface area contributed by atoms with Crippen molar-refractivity contribution in [3.05, 3.63) is 11.6 Å². The first-order chi connectivity index (χ1) is 14.1. The number of aliphatic hydroxyl groups is 1. The van der Waals surface area contributed by atoms with Crippen molar-refractivity contribution in [1.82, 2.24) is 0 Å². The van der Waals surface area contributed by atoms with Gasteiger partial charge in [0.05, 0.1) is 6.10 Å². The van der Waals surface area contributed by atoms with Crippen LogP contribution < -0.4 is 0 Å². The Bertz CT molecular complexity index is 693. The Balaban J connectivity index is 1.54. The van der Waals surface area contributed by atoms with Crippen molar-refractivity contribution in [3.8, 4) is 0 Å². The molecule has 0 bridgehead atoms. The van der Waals surface area contributed by atoms with Crippen molar-refractivity contribution in [2.24, 2.45) is 52.3 Å². The van der Waals surface area contributed by atoms with Crippen LogP contribution in [0.4, 0.5) is 0 Å². The number of ketones is 1. The summed E-state index contributed by atoms with van der Waals surface area (Å²) in [7, 11) is 0. The zero-order valence-corrected chi connectivity index (χ0v) is 20.4. The highest BCUT2D eigenvalue weighted by Crippen LogP contribution is 2.66. The van der Waals surface area contributed by atoms with Gasteiger partial charge in [-0.2, -0.15) is 0 Å². The molecule has 4 rings (SSSR count). The Hall–Kier alpha value is -0.630. The zero-order valence-electron chi connectivity index (χ0n) is 20.4. The van der Waals surface area contributed by atoms with E-state index >= 15 is 0 Å². The molecular formula is C28H46O2. The molecule has 2 heteroatoms. The summed E-state index contributed by atoms with van der Waals surface area (Å²) in [6.07, 6.45) is 12.2. The number of allylic oxidation sites excluding steroid dienone is 1. The van der Waals surface area contributed by atoms with Crippen LogP contribution in [-0.4, -0.2) is 17.0 Å². The predicted octanol–water partition coefficient (Wildman–Crippen LogP) is 6.81. The maximum atomic E-state index is 13.4. The molecule has 4 aliphatic carbocycles. The van der Waals surface area contributed by atoms with Gasteiger partial charge in [-0.05, 0) is 97.4 Å². The molecule has 0 aliphatic heterocycles. The lowest BCUT2D eigenvalue weighted by atomic mass is 9.46. The average molecular weight is 415 g/mol. The van der Waals surface area contributed by atoms with Gasteiger partial charge < -0.3 is 5.11 Å². The fourth-order valence-corrected chi connectivity index (χ4v) is 8.42. The standard InChI is InChI=1S/C28H46O2/c1-17(2)18(3)7-8-19(4)22-9-10-23-26-24(12-14-28(22,23)6)27(5)13-11-21(29)15-20(27)16-25(26)30/h16-19,21-24,26,29H,7-15H2,1-6H3/t18?,19-,21+,22-,23+,24+,26+,27+,28-/m1/s1. The second-order valence-corrected chi connectivity index (χ2v) is 12.6. The molecule has 0 amide bonds. The molecule has 30 heavy (non-hydrogen) atoms. The second-order valence-electron chi connectivity index (χ2n) is 12.6. The van der Waals surface area contributed by atoms with Crippen LogP contribution in [0.15, 0.2) is 11.6 Å². The highest BCUT2D eigenvalue weighted by molar-refractivity contribution is 5.94. The van der Waals surface area contributed by atoms with E-state index in [9.17, 15) is 9.90 Å².